The smallest absolute Gasteiger partial charge is 0.175 e. The fourth-order valence-electron chi connectivity index (χ4n) is 0.938. The average molecular weight is 218 g/mol. The summed E-state index contributed by atoms with van der Waals surface area (Å²) in [6, 6.07) is 2.86. The quantitative estimate of drug-likeness (QED) is 0.721. The lowest BCUT2D eigenvalue weighted by atomic mass is 10.1. The Kier molecular flexibility index (Phi) is 3.46. The summed E-state index contributed by atoms with van der Waals surface area (Å²) in [7, 11) is -1.27. The van der Waals surface area contributed by atoms with Gasteiger partial charge in [-0.1, -0.05) is 0 Å². The molecule has 0 bridgehead atoms. The van der Waals surface area contributed by atoms with E-state index in [0.29, 0.717) is 0 Å². The molecule has 0 aliphatic heterocycles. The van der Waals surface area contributed by atoms with Gasteiger partial charge in [0.1, 0.15) is 0 Å². The fraction of sp³-hybridized carbons (Fsp3) is 0.222. The first kappa shape index (κ1) is 11.0. The van der Waals surface area contributed by atoms with Crippen LogP contribution in [0.2, 0.25) is 0 Å². The van der Waals surface area contributed by atoms with Gasteiger partial charge in [-0.05, 0) is 18.2 Å². The molecule has 0 aromatic heterocycles. The monoisotopic (exact) mass is 218 g/mol. The molecule has 0 aliphatic carbocycles. The van der Waals surface area contributed by atoms with Crippen molar-refractivity contribution >= 4 is 16.6 Å². The molecule has 0 radical (unpaired) electrons. The van der Waals surface area contributed by atoms with Crippen LogP contribution in [-0.4, -0.2) is 22.0 Å². The maximum absolute atomic E-state index is 12.7. The van der Waals surface area contributed by atoms with E-state index < -0.39 is 28.2 Å². The van der Waals surface area contributed by atoms with E-state index >= 15 is 0 Å². The van der Waals surface area contributed by atoms with E-state index in [-0.39, 0.29) is 11.3 Å². The Balaban J connectivity index is 2.91. The Morgan fingerprint density at radius 1 is 1.36 bits per heavy atom. The summed E-state index contributed by atoms with van der Waals surface area (Å²) in [5.74, 6) is -2.70. The standard InChI is InChI=1S/C9H8F2O2S/c1-14(13)5-9(12)6-2-3-7(10)8(11)4-6/h2-4H,5H2,1H3. The van der Waals surface area contributed by atoms with E-state index in [9.17, 15) is 17.8 Å². The van der Waals surface area contributed by atoms with Crippen LogP contribution in [0.1, 0.15) is 10.4 Å². The Morgan fingerprint density at radius 2 is 2.00 bits per heavy atom. The van der Waals surface area contributed by atoms with Crippen LogP contribution in [0.5, 0.6) is 0 Å². The number of carbonyl (C=O) groups is 1. The van der Waals surface area contributed by atoms with E-state index in [2.05, 4.69) is 0 Å². The molecular weight excluding hydrogens is 210 g/mol. The van der Waals surface area contributed by atoms with E-state index in [1.165, 1.54) is 12.3 Å². The van der Waals surface area contributed by atoms with Crippen molar-refractivity contribution in [2.24, 2.45) is 0 Å². The molecule has 0 spiro atoms. The third-order valence-electron chi connectivity index (χ3n) is 1.58. The SMILES string of the molecule is CS(=O)CC(=O)c1ccc(F)c(F)c1. The van der Waals surface area contributed by atoms with Crippen LogP contribution in [0.4, 0.5) is 8.78 Å². The van der Waals surface area contributed by atoms with Crippen LogP contribution in [-0.2, 0) is 10.8 Å². The number of ketones is 1. The number of rotatable bonds is 3. The van der Waals surface area contributed by atoms with Crippen LogP contribution < -0.4 is 0 Å². The molecule has 1 rings (SSSR count). The number of carbonyl (C=O) groups excluding carboxylic acids is 1. The number of benzene rings is 1. The summed E-state index contributed by atoms with van der Waals surface area (Å²) in [6.45, 7) is 0. The molecule has 0 amide bonds. The maximum atomic E-state index is 12.7. The highest BCUT2D eigenvalue weighted by Crippen LogP contribution is 2.09. The van der Waals surface area contributed by atoms with Crippen LogP contribution in [0, 0.1) is 11.6 Å². The van der Waals surface area contributed by atoms with Crippen LogP contribution in [0.15, 0.2) is 18.2 Å². The number of halogens is 2. The lowest BCUT2D eigenvalue weighted by Crippen LogP contribution is -2.10. The minimum absolute atomic E-state index is 0.0408. The summed E-state index contributed by atoms with van der Waals surface area (Å²) < 4.78 is 35.9. The maximum Gasteiger partial charge on any atom is 0.175 e. The van der Waals surface area contributed by atoms with Crippen LogP contribution >= 0.6 is 0 Å². The Bertz CT molecular complexity index is 390. The zero-order chi connectivity index (χ0) is 10.7. The van der Waals surface area contributed by atoms with Gasteiger partial charge in [-0.2, -0.15) is 0 Å². The first-order valence-electron chi connectivity index (χ1n) is 3.79. The Labute approximate surface area is 82.4 Å². The number of hydrogen-bond donors (Lipinski definition) is 0. The second-order valence-corrected chi connectivity index (χ2v) is 4.20. The Morgan fingerprint density at radius 3 is 2.50 bits per heavy atom. The van der Waals surface area contributed by atoms with Gasteiger partial charge in [0.05, 0.1) is 5.75 Å². The molecule has 76 valence electrons. The van der Waals surface area contributed by atoms with E-state index in [1.54, 1.807) is 0 Å². The number of hydrogen-bond acceptors (Lipinski definition) is 2. The lowest BCUT2D eigenvalue weighted by molar-refractivity contribution is 0.102. The van der Waals surface area contributed by atoms with Gasteiger partial charge in [0.25, 0.3) is 0 Å². The lowest BCUT2D eigenvalue weighted by Gasteiger charge is -1.99. The highest BCUT2D eigenvalue weighted by atomic mass is 32.2. The molecule has 1 aromatic carbocycles. The van der Waals surface area contributed by atoms with Crippen molar-refractivity contribution in [1.82, 2.24) is 0 Å². The van der Waals surface area contributed by atoms with Gasteiger partial charge >= 0.3 is 0 Å². The summed E-state index contributed by atoms with van der Waals surface area (Å²) in [5.41, 5.74) is 0.0408. The topological polar surface area (TPSA) is 34.1 Å². The third-order valence-corrected chi connectivity index (χ3v) is 2.24. The largest absolute Gasteiger partial charge is 0.293 e. The second kappa shape index (κ2) is 4.41. The molecule has 0 saturated heterocycles. The van der Waals surface area contributed by atoms with Gasteiger partial charge in [-0.15, -0.1) is 0 Å². The Hall–Kier alpha value is -1.10. The molecule has 14 heavy (non-hydrogen) atoms. The molecule has 0 N–H and O–H groups in total. The van der Waals surface area contributed by atoms with Crippen molar-refractivity contribution in [2.45, 2.75) is 0 Å². The van der Waals surface area contributed by atoms with E-state index in [4.69, 9.17) is 0 Å². The second-order valence-electron chi connectivity index (χ2n) is 2.77. The first-order chi connectivity index (χ1) is 6.50. The molecule has 0 heterocycles. The zero-order valence-corrected chi connectivity index (χ0v) is 8.24. The molecular formula is C9H8F2O2S. The van der Waals surface area contributed by atoms with Gasteiger partial charge in [-0.25, -0.2) is 8.78 Å². The average Bonchev–Trinajstić information content (AvgIpc) is 2.08. The normalized spacial score (nSPS) is 12.5. The number of Topliss-reactive ketones (excluding diaryl/α,β-unsaturated/α-hetero) is 1. The molecule has 0 saturated carbocycles. The molecule has 1 aromatic rings. The minimum atomic E-state index is -1.27. The highest BCUT2D eigenvalue weighted by molar-refractivity contribution is 7.85. The predicted molar refractivity (Wildman–Crippen MR) is 49.6 cm³/mol. The van der Waals surface area contributed by atoms with E-state index in [0.717, 1.165) is 12.1 Å². The van der Waals surface area contributed by atoms with Crippen LogP contribution in [0.25, 0.3) is 0 Å². The van der Waals surface area contributed by atoms with Gasteiger partial charge in [0, 0.05) is 22.6 Å². The molecule has 1 unspecified atom stereocenters. The van der Waals surface area contributed by atoms with Crippen molar-refractivity contribution in [3.8, 4) is 0 Å². The van der Waals surface area contributed by atoms with Crippen molar-refractivity contribution < 1.29 is 17.8 Å². The van der Waals surface area contributed by atoms with Gasteiger partial charge in [0.2, 0.25) is 0 Å². The fourth-order valence-corrected chi connectivity index (χ4v) is 1.47. The van der Waals surface area contributed by atoms with Gasteiger partial charge < -0.3 is 0 Å². The molecule has 0 fully saturated rings. The van der Waals surface area contributed by atoms with Crippen molar-refractivity contribution in [1.29, 1.82) is 0 Å². The summed E-state index contributed by atoms with van der Waals surface area (Å²) >= 11 is 0. The van der Waals surface area contributed by atoms with Gasteiger partial charge in [-0.3, -0.25) is 9.00 Å². The van der Waals surface area contributed by atoms with Gasteiger partial charge in [0.15, 0.2) is 17.4 Å². The van der Waals surface area contributed by atoms with Crippen LogP contribution in [0.3, 0.4) is 0 Å². The highest BCUT2D eigenvalue weighted by Gasteiger charge is 2.10. The first-order valence-corrected chi connectivity index (χ1v) is 5.51. The van der Waals surface area contributed by atoms with Crippen molar-refractivity contribution in [3.63, 3.8) is 0 Å². The molecule has 0 aliphatic rings. The van der Waals surface area contributed by atoms with E-state index in [1.807, 2.05) is 0 Å². The molecule has 1 atom stereocenters. The predicted octanol–water partition coefficient (Wildman–Crippen LogP) is 1.53. The summed E-state index contributed by atoms with van der Waals surface area (Å²) in [4.78, 5) is 11.2. The summed E-state index contributed by atoms with van der Waals surface area (Å²) in [5, 5.41) is 0. The zero-order valence-electron chi connectivity index (χ0n) is 7.42. The molecule has 5 heteroatoms. The van der Waals surface area contributed by atoms with Crippen molar-refractivity contribution in [3.05, 3.63) is 35.4 Å². The third kappa shape index (κ3) is 2.70. The molecule has 2 nitrogen and oxygen atoms in total. The summed E-state index contributed by atoms with van der Waals surface area (Å²) in [6.07, 6.45) is 1.37. The minimum Gasteiger partial charge on any atom is -0.293 e. The van der Waals surface area contributed by atoms with Crippen molar-refractivity contribution in [2.75, 3.05) is 12.0 Å².